The number of nitrogens with two attached hydrogens (primary N) is 1. The van der Waals surface area contributed by atoms with Crippen LogP contribution in [0.5, 0.6) is 0 Å². The van der Waals surface area contributed by atoms with E-state index in [1.165, 1.54) is 0 Å². The van der Waals surface area contributed by atoms with Crippen LogP contribution in [0.1, 0.15) is 36.0 Å². The van der Waals surface area contributed by atoms with Crippen molar-refractivity contribution in [2.45, 2.75) is 51.0 Å². The summed E-state index contributed by atoms with van der Waals surface area (Å²) in [5, 5.41) is 0. The number of nitrogens with zero attached hydrogens (tertiary/aromatic N) is 1. The second-order valence-corrected chi connectivity index (χ2v) is 8.32. The zero-order chi connectivity index (χ0) is 17.9. The molecule has 1 unspecified atom stereocenters. The van der Waals surface area contributed by atoms with Gasteiger partial charge in [0.2, 0.25) is 15.9 Å². The molecule has 1 heterocycles. The van der Waals surface area contributed by atoms with Crippen LogP contribution >= 0.6 is 0 Å². The van der Waals surface area contributed by atoms with Crippen LogP contribution in [0.4, 0.5) is 0 Å². The quantitative estimate of drug-likeness (QED) is 0.833. The Morgan fingerprint density at radius 1 is 1.29 bits per heavy atom. The molecule has 1 aromatic carbocycles. The van der Waals surface area contributed by atoms with Crippen molar-refractivity contribution in [2.24, 2.45) is 5.73 Å². The van der Waals surface area contributed by atoms with Gasteiger partial charge in [-0.3, -0.25) is 4.79 Å². The lowest BCUT2D eigenvalue weighted by molar-refractivity contribution is -0.132. The first-order valence-electron chi connectivity index (χ1n) is 8.31. The van der Waals surface area contributed by atoms with Crippen molar-refractivity contribution >= 4 is 15.9 Å². The number of sulfonamides is 1. The van der Waals surface area contributed by atoms with Gasteiger partial charge < -0.3 is 10.6 Å². The van der Waals surface area contributed by atoms with E-state index < -0.39 is 10.0 Å². The summed E-state index contributed by atoms with van der Waals surface area (Å²) >= 11 is 0. The van der Waals surface area contributed by atoms with Gasteiger partial charge in [-0.15, -0.1) is 0 Å². The van der Waals surface area contributed by atoms with Gasteiger partial charge in [0.05, 0.1) is 4.90 Å². The van der Waals surface area contributed by atoms with Crippen LogP contribution in [0.25, 0.3) is 0 Å². The Labute approximate surface area is 144 Å². The fourth-order valence-electron chi connectivity index (χ4n) is 3.35. The zero-order valence-electron chi connectivity index (χ0n) is 14.6. The number of hydrogen-bond acceptors (Lipinski definition) is 4. The van der Waals surface area contributed by atoms with E-state index in [-0.39, 0.29) is 24.9 Å². The van der Waals surface area contributed by atoms with Gasteiger partial charge >= 0.3 is 0 Å². The molecule has 24 heavy (non-hydrogen) atoms. The van der Waals surface area contributed by atoms with Crippen LogP contribution in [-0.2, 0) is 14.8 Å². The molecule has 134 valence electrons. The molecule has 0 aromatic heterocycles. The van der Waals surface area contributed by atoms with Crippen LogP contribution in [0.15, 0.2) is 17.0 Å². The topological polar surface area (TPSA) is 92.5 Å². The Bertz CT molecular complexity index is 693. The standard InChI is InChI=1S/C17H27N3O3S/c1-12-9-13(2)17(14(3)10-12)24(22,23)19-7-6-16(21)20-8-4-5-15(18)11-20/h9-10,15,19H,4-8,11,18H2,1-3H3. The zero-order valence-corrected chi connectivity index (χ0v) is 15.4. The predicted octanol–water partition coefficient (Wildman–Crippen LogP) is 1.23. The van der Waals surface area contributed by atoms with Crippen LogP contribution < -0.4 is 10.5 Å². The molecule has 0 spiro atoms. The number of hydrogen-bond donors (Lipinski definition) is 2. The molecule has 1 atom stereocenters. The number of nitrogens with one attached hydrogen (secondary N) is 1. The number of benzene rings is 1. The number of piperidine rings is 1. The summed E-state index contributed by atoms with van der Waals surface area (Å²) in [6.07, 6.45) is 1.98. The highest BCUT2D eigenvalue weighted by Crippen LogP contribution is 2.21. The highest BCUT2D eigenvalue weighted by atomic mass is 32.2. The van der Waals surface area contributed by atoms with E-state index in [0.29, 0.717) is 29.1 Å². The summed E-state index contributed by atoms with van der Waals surface area (Å²) in [5.74, 6) is -0.0507. The molecule has 3 N–H and O–H groups in total. The van der Waals surface area contributed by atoms with Crippen LogP contribution in [0.3, 0.4) is 0 Å². The predicted molar refractivity (Wildman–Crippen MR) is 94.2 cm³/mol. The summed E-state index contributed by atoms with van der Waals surface area (Å²) in [7, 11) is -3.62. The van der Waals surface area contributed by atoms with E-state index in [4.69, 9.17) is 5.73 Å². The minimum absolute atomic E-state index is 0.0252. The Morgan fingerprint density at radius 2 is 1.92 bits per heavy atom. The first-order valence-corrected chi connectivity index (χ1v) is 9.80. The summed E-state index contributed by atoms with van der Waals surface area (Å²) in [6.45, 7) is 6.87. The fraction of sp³-hybridized carbons (Fsp3) is 0.588. The molecule has 1 aliphatic rings. The SMILES string of the molecule is Cc1cc(C)c(S(=O)(=O)NCCC(=O)N2CCCC(N)C2)c(C)c1. The van der Waals surface area contributed by atoms with Gasteiger partial charge in [0.1, 0.15) is 0 Å². The minimum atomic E-state index is -3.62. The molecule has 7 heteroatoms. The minimum Gasteiger partial charge on any atom is -0.341 e. The van der Waals surface area contributed by atoms with Gasteiger partial charge in [-0.25, -0.2) is 13.1 Å². The molecule has 1 aromatic rings. The first kappa shape index (κ1) is 18.9. The summed E-state index contributed by atoms with van der Waals surface area (Å²) < 4.78 is 27.6. The lowest BCUT2D eigenvalue weighted by Gasteiger charge is -2.30. The highest BCUT2D eigenvalue weighted by molar-refractivity contribution is 7.89. The van der Waals surface area contributed by atoms with Crippen LogP contribution in [0.2, 0.25) is 0 Å². The molecule has 0 bridgehead atoms. The normalized spacial score (nSPS) is 18.7. The number of amides is 1. The fourth-order valence-corrected chi connectivity index (χ4v) is 4.83. The Morgan fingerprint density at radius 3 is 2.50 bits per heavy atom. The average molecular weight is 353 g/mol. The third-order valence-electron chi connectivity index (χ3n) is 4.31. The van der Waals surface area contributed by atoms with E-state index in [0.717, 1.165) is 18.4 Å². The van der Waals surface area contributed by atoms with Crippen molar-refractivity contribution in [2.75, 3.05) is 19.6 Å². The Hall–Kier alpha value is -1.44. The summed E-state index contributed by atoms with van der Waals surface area (Å²) in [6, 6.07) is 3.72. The van der Waals surface area contributed by atoms with Crippen molar-refractivity contribution in [1.29, 1.82) is 0 Å². The molecular formula is C17H27N3O3S. The maximum atomic E-state index is 12.5. The van der Waals surface area contributed by atoms with Crippen molar-refractivity contribution in [3.8, 4) is 0 Å². The number of likely N-dealkylation sites (tertiary alicyclic amines) is 1. The lowest BCUT2D eigenvalue weighted by Crippen LogP contribution is -2.46. The second-order valence-electron chi connectivity index (χ2n) is 6.62. The molecular weight excluding hydrogens is 326 g/mol. The third kappa shape index (κ3) is 4.55. The van der Waals surface area contributed by atoms with Gasteiger partial charge in [-0.1, -0.05) is 17.7 Å². The number of carbonyl (C=O) groups is 1. The molecule has 1 fully saturated rings. The lowest BCUT2D eigenvalue weighted by atomic mass is 10.1. The van der Waals surface area contributed by atoms with Crippen LogP contribution in [-0.4, -0.2) is 44.9 Å². The van der Waals surface area contributed by atoms with E-state index in [2.05, 4.69) is 4.72 Å². The van der Waals surface area contributed by atoms with Crippen molar-refractivity contribution < 1.29 is 13.2 Å². The molecule has 2 rings (SSSR count). The molecule has 0 aliphatic carbocycles. The maximum absolute atomic E-state index is 12.5. The van der Waals surface area contributed by atoms with Crippen LogP contribution in [0, 0.1) is 20.8 Å². The number of rotatable bonds is 5. The monoisotopic (exact) mass is 353 g/mol. The van der Waals surface area contributed by atoms with Crippen molar-refractivity contribution in [3.05, 3.63) is 28.8 Å². The third-order valence-corrected chi connectivity index (χ3v) is 6.08. The van der Waals surface area contributed by atoms with Crippen molar-refractivity contribution in [1.82, 2.24) is 9.62 Å². The van der Waals surface area contributed by atoms with Gasteiger partial charge in [0.15, 0.2) is 0 Å². The molecule has 6 nitrogen and oxygen atoms in total. The van der Waals surface area contributed by atoms with E-state index in [9.17, 15) is 13.2 Å². The largest absolute Gasteiger partial charge is 0.341 e. The Kier molecular flexibility index (Phi) is 6.01. The molecule has 1 saturated heterocycles. The van der Waals surface area contributed by atoms with E-state index >= 15 is 0 Å². The maximum Gasteiger partial charge on any atom is 0.241 e. The van der Waals surface area contributed by atoms with E-state index in [1.54, 1.807) is 18.7 Å². The van der Waals surface area contributed by atoms with Gasteiger partial charge in [0.25, 0.3) is 0 Å². The molecule has 1 aliphatic heterocycles. The number of carbonyl (C=O) groups excluding carboxylic acids is 1. The number of aryl methyl sites for hydroxylation is 3. The van der Waals surface area contributed by atoms with Gasteiger partial charge in [0, 0.05) is 32.1 Å². The summed E-state index contributed by atoms with van der Waals surface area (Å²) in [5.41, 5.74) is 8.34. The Balaban J connectivity index is 1.97. The first-order chi connectivity index (χ1) is 11.2. The average Bonchev–Trinajstić information content (AvgIpc) is 2.45. The summed E-state index contributed by atoms with van der Waals surface area (Å²) in [4.78, 5) is 14.2. The van der Waals surface area contributed by atoms with Gasteiger partial charge in [-0.2, -0.15) is 0 Å². The smallest absolute Gasteiger partial charge is 0.241 e. The molecule has 0 saturated carbocycles. The van der Waals surface area contributed by atoms with Crippen molar-refractivity contribution in [3.63, 3.8) is 0 Å². The van der Waals surface area contributed by atoms with E-state index in [1.807, 2.05) is 19.1 Å². The van der Waals surface area contributed by atoms with Gasteiger partial charge in [-0.05, 0) is 44.7 Å². The highest BCUT2D eigenvalue weighted by Gasteiger charge is 2.23. The second kappa shape index (κ2) is 7.63. The molecule has 0 radical (unpaired) electrons. The molecule has 1 amide bonds.